The van der Waals surface area contributed by atoms with Crippen molar-refractivity contribution in [1.82, 2.24) is 10.2 Å². The predicted octanol–water partition coefficient (Wildman–Crippen LogP) is 2.37. The lowest BCUT2D eigenvalue weighted by Gasteiger charge is -2.29. The quantitative estimate of drug-likeness (QED) is 0.803. The topological polar surface area (TPSA) is 58.6 Å². The molecule has 0 aromatic heterocycles. The van der Waals surface area contributed by atoms with Gasteiger partial charge in [-0.2, -0.15) is 0 Å². The molecular weight excluding hydrogens is 316 g/mol. The molecule has 0 spiro atoms. The molecule has 1 unspecified atom stereocenters. The molecular formula is C20H24N2O3. The second-order valence-electron chi connectivity index (χ2n) is 5.81. The Labute approximate surface area is 148 Å². The molecule has 0 saturated heterocycles. The molecule has 2 rings (SSSR count). The number of methoxy groups -OCH3 is 1. The van der Waals surface area contributed by atoms with Gasteiger partial charge in [-0.25, -0.2) is 0 Å². The van der Waals surface area contributed by atoms with Crippen molar-refractivity contribution >= 4 is 11.8 Å². The van der Waals surface area contributed by atoms with Crippen LogP contribution in [0.2, 0.25) is 0 Å². The summed E-state index contributed by atoms with van der Waals surface area (Å²) in [5, 5.41) is 2.89. The van der Waals surface area contributed by atoms with Crippen molar-refractivity contribution < 1.29 is 14.3 Å². The summed E-state index contributed by atoms with van der Waals surface area (Å²) < 4.78 is 5.19. The molecule has 0 aliphatic rings. The number of carbonyl (C=O) groups excluding carboxylic acids is 2. The van der Waals surface area contributed by atoms with E-state index in [1.54, 1.807) is 4.90 Å². The fraction of sp³-hybridized carbons (Fsp3) is 0.300. The van der Waals surface area contributed by atoms with Crippen LogP contribution in [0, 0.1) is 0 Å². The summed E-state index contributed by atoms with van der Waals surface area (Å²) in [6, 6.07) is 18.6. The largest absolute Gasteiger partial charge is 0.382 e. The molecule has 2 amide bonds. The van der Waals surface area contributed by atoms with Crippen LogP contribution >= 0.6 is 0 Å². The highest BCUT2D eigenvalue weighted by atomic mass is 16.5. The number of hydrogen-bond acceptors (Lipinski definition) is 3. The summed E-state index contributed by atoms with van der Waals surface area (Å²) in [6.07, 6.45) is 0. The maximum atomic E-state index is 12.7. The number of benzene rings is 2. The number of nitrogens with zero attached hydrogens (tertiary/aromatic N) is 1. The minimum absolute atomic E-state index is 0.146. The minimum Gasteiger partial charge on any atom is -0.382 e. The number of carbonyl (C=O) groups is 2. The number of hydrogen-bond donors (Lipinski definition) is 1. The molecule has 0 aliphatic carbocycles. The van der Waals surface area contributed by atoms with Crippen molar-refractivity contribution in [3.05, 3.63) is 71.8 Å². The van der Waals surface area contributed by atoms with E-state index in [-0.39, 0.29) is 18.4 Å². The average molecular weight is 340 g/mol. The summed E-state index contributed by atoms with van der Waals surface area (Å²) in [5.74, 6) is -0.391. The highest BCUT2D eigenvalue weighted by Gasteiger charge is 2.28. The highest BCUT2D eigenvalue weighted by Crippen LogP contribution is 2.10. The molecule has 5 nitrogen and oxygen atoms in total. The molecule has 2 aromatic carbocycles. The van der Waals surface area contributed by atoms with Crippen LogP contribution < -0.4 is 5.32 Å². The Kier molecular flexibility index (Phi) is 7.16. The first kappa shape index (κ1) is 18.7. The van der Waals surface area contributed by atoms with E-state index in [0.717, 1.165) is 11.1 Å². The summed E-state index contributed by atoms with van der Waals surface area (Å²) >= 11 is 0. The van der Waals surface area contributed by atoms with Gasteiger partial charge < -0.3 is 15.0 Å². The fourth-order valence-corrected chi connectivity index (χ4v) is 2.59. The van der Waals surface area contributed by atoms with E-state index < -0.39 is 6.04 Å². The van der Waals surface area contributed by atoms with Crippen molar-refractivity contribution in [1.29, 1.82) is 0 Å². The molecule has 0 saturated carbocycles. The van der Waals surface area contributed by atoms with E-state index in [4.69, 9.17) is 4.74 Å². The Bertz CT molecular complexity index is 674. The lowest BCUT2D eigenvalue weighted by atomic mass is 10.1. The van der Waals surface area contributed by atoms with Crippen LogP contribution in [0.5, 0.6) is 0 Å². The van der Waals surface area contributed by atoms with Gasteiger partial charge in [0.05, 0.1) is 6.61 Å². The van der Waals surface area contributed by atoms with Crippen LogP contribution in [0.3, 0.4) is 0 Å². The third-order valence-corrected chi connectivity index (χ3v) is 3.91. The smallest absolute Gasteiger partial charge is 0.245 e. The lowest BCUT2D eigenvalue weighted by Crippen LogP contribution is -2.50. The number of amides is 2. The third-order valence-electron chi connectivity index (χ3n) is 3.91. The predicted molar refractivity (Wildman–Crippen MR) is 96.6 cm³/mol. The van der Waals surface area contributed by atoms with Gasteiger partial charge in [0, 0.05) is 27.1 Å². The van der Waals surface area contributed by atoms with Crippen LogP contribution in [0.25, 0.3) is 0 Å². The van der Waals surface area contributed by atoms with Gasteiger partial charge in [0.1, 0.15) is 6.04 Å². The van der Waals surface area contributed by atoms with Gasteiger partial charge in [-0.15, -0.1) is 0 Å². The Morgan fingerprint density at radius 1 is 1.00 bits per heavy atom. The number of rotatable bonds is 8. The summed E-state index contributed by atoms with van der Waals surface area (Å²) in [5.41, 5.74) is 1.97. The lowest BCUT2D eigenvalue weighted by molar-refractivity contribution is -0.141. The Morgan fingerprint density at radius 2 is 1.56 bits per heavy atom. The van der Waals surface area contributed by atoms with E-state index in [2.05, 4.69) is 5.32 Å². The first-order chi connectivity index (χ1) is 12.1. The van der Waals surface area contributed by atoms with Gasteiger partial charge >= 0.3 is 0 Å². The molecule has 0 aliphatic heterocycles. The molecule has 132 valence electrons. The number of ether oxygens (including phenoxy) is 1. The average Bonchev–Trinajstić information content (AvgIpc) is 2.64. The standard InChI is InChI=1S/C20H24N2O3/c1-16(23)22(14-18-11-7-4-8-12-18)19(15-25-2)20(24)21-13-17-9-5-3-6-10-17/h3-12,19H,13-15H2,1-2H3,(H,21,24). The molecule has 1 atom stereocenters. The molecule has 1 N–H and O–H groups in total. The van der Waals surface area contributed by atoms with Crippen LogP contribution in [0.1, 0.15) is 18.1 Å². The second-order valence-corrected chi connectivity index (χ2v) is 5.81. The molecule has 0 heterocycles. The SMILES string of the molecule is COCC(C(=O)NCc1ccccc1)N(Cc1ccccc1)C(C)=O. The molecule has 0 radical (unpaired) electrons. The first-order valence-electron chi connectivity index (χ1n) is 8.23. The Balaban J connectivity index is 2.09. The van der Waals surface area contributed by atoms with Crippen LogP contribution in [-0.2, 0) is 27.4 Å². The van der Waals surface area contributed by atoms with Crippen LogP contribution in [0.4, 0.5) is 0 Å². The van der Waals surface area contributed by atoms with Gasteiger partial charge in [-0.1, -0.05) is 60.7 Å². The van der Waals surface area contributed by atoms with E-state index >= 15 is 0 Å². The van der Waals surface area contributed by atoms with Crippen molar-refractivity contribution in [3.8, 4) is 0 Å². The van der Waals surface area contributed by atoms with Crippen LogP contribution in [-0.4, -0.2) is 36.5 Å². The van der Waals surface area contributed by atoms with Crippen molar-refractivity contribution in [2.75, 3.05) is 13.7 Å². The third kappa shape index (κ3) is 5.72. The summed E-state index contributed by atoms with van der Waals surface area (Å²) in [6.45, 7) is 2.39. The van der Waals surface area contributed by atoms with Gasteiger partial charge in [-0.3, -0.25) is 9.59 Å². The Morgan fingerprint density at radius 3 is 2.08 bits per heavy atom. The highest BCUT2D eigenvalue weighted by molar-refractivity contribution is 5.87. The van der Waals surface area contributed by atoms with Gasteiger partial charge in [0.25, 0.3) is 0 Å². The fourth-order valence-electron chi connectivity index (χ4n) is 2.59. The van der Waals surface area contributed by atoms with E-state index in [9.17, 15) is 9.59 Å². The van der Waals surface area contributed by atoms with E-state index in [1.165, 1.54) is 14.0 Å². The molecule has 2 aromatic rings. The maximum absolute atomic E-state index is 12.7. The zero-order valence-corrected chi connectivity index (χ0v) is 14.6. The van der Waals surface area contributed by atoms with Crippen molar-refractivity contribution in [3.63, 3.8) is 0 Å². The second kappa shape index (κ2) is 9.59. The first-order valence-corrected chi connectivity index (χ1v) is 8.23. The van der Waals surface area contributed by atoms with E-state index in [0.29, 0.717) is 13.1 Å². The van der Waals surface area contributed by atoms with E-state index in [1.807, 2.05) is 60.7 Å². The summed E-state index contributed by atoms with van der Waals surface area (Å²) in [4.78, 5) is 26.3. The molecule has 0 fully saturated rings. The monoisotopic (exact) mass is 340 g/mol. The Hall–Kier alpha value is -2.66. The minimum atomic E-state index is -0.675. The van der Waals surface area contributed by atoms with Crippen molar-refractivity contribution in [2.24, 2.45) is 0 Å². The number of nitrogens with one attached hydrogen (secondary N) is 1. The summed E-state index contributed by atoms with van der Waals surface area (Å²) in [7, 11) is 1.53. The van der Waals surface area contributed by atoms with Gasteiger partial charge in [-0.05, 0) is 11.1 Å². The van der Waals surface area contributed by atoms with Gasteiger partial charge in [0.15, 0.2) is 0 Å². The zero-order valence-electron chi connectivity index (χ0n) is 14.6. The van der Waals surface area contributed by atoms with Gasteiger partial charge in [0.2, 0.25) is 11.8 Å². The molecule has 0 bridgehead atoms. The zero-order chi connectivity index (χ0) is 18.1. The normalized spacial score (nSPS) is 11.6. The van der Waals surface area contributed by atoms with Crippen LogP contribution in [0.15, 0.2) is 60.7 Å². The molecule has 25 heavy (non-hydrogen) atoms. The maximum Gasteiger partial charge on any atom is 0.245 e. The molecule has 5 heteroatoms. The van der Waals surface area contributed by atoms with Crippen molar-refractivity contribution in [2.45, 2.75) is 26.1 Å².